The van der Waals surface area contributed by atoms with Crippen molar-refractivity contribution in [3.63, 3.8) is 0 Å². The zero-order valence-corrected chi connectivity index (χ0v) is 15.6. The normalized spacial score (nSPS) is 17.8. The number of Topliss-reactive ketones (excluding diaryl/α,β-unsaturated/α-hetero) is 1. The molecule has 0 bridgehead atoms. The molecule has 8 heteroatoms. The minimum atomic E-state index is -1.39. The van der Waals surface area contributed by atoms with Crippen molar-refractivity contribution in [3.8, 4) is 11.4 Å². The van der Waals surface area contributed by atoms with E-state index < -0.39 is 11.5 Å². The third kappa shape index (κ3) is 2.93. The number of allylic oxidation sites excluding steroid dienone is 1. The standard InChI is InChI=1S/C20H14N4O3S/c1-12-15(18(26)27)28-19(24-12)20(8-5-9-23-20)16(25)14-10-21-17(22-11-14)13-6-3-2-4-7-13/h2-11H,1H3,(H,26,27). The van der Waals surface area contributed by atoms with Gasteiger partial charge < -0.3 is 5.11 Å². The third-order valence-electron chi connectivity index (χ3n) is 4.31. The number of carboxylic acid groups (broad SMARTS) is 1. The van der Waals surface area contributed by atoms with E-state index in [1.54, 1.807) is 19.1 Å². The van der Waals surface area contributed by atoms with Crippen LogP contribution in [0, 0.1) is 6.92 Å². The van der Waals surface area contributed by atoms with Gasteiger partial charge in [0.1, 0.15) is 9.88 Å². The van der Waals surface area contributed by atoms with Gasteiger partial charge in [0.15, 0.2) is 11.4 Å². The number of hydrogen-bond acceptors (Lipinski definition) is 7. The highest BCUT2D eigenvalue weighted by Crippen LogP contribution is 2.37. The van der Waals surface area contributed by atoms with Gasteiger partial charge in [-0.05, 0) is 19.1 Å². The number of aromatic carboxylic acids is 1. The van der Waals surface area contributed by atoms with Gasteiger partial charge in [0.05, 0.1) is 11.3 Å². The van der Waals surface area contributed by atoms with Crippen LogP contribution in [0.15, 0.2) is 59.9 Å². The molecule has 1 N–H and O–H groups in total. The minimum absolute atomic E-state index is 0.0911. The van der Waals surface area contributed by atoms with Crippen LogP contribution in [-0.2, 0) is 5.54 Å². The second kappa shape index (κ2) is 6.90. The van der Waals surface area contributed by atoms with E-state index in [0.717, 1.165) is 16.9 Å². The van der Waals surface area contributed by atoms with Crippen molar-refractivity contribution in [1.82, 2.24) is 15.0 Å². The average molecular weight is 390 g/mol. The molecule has 2 aromatic heterocycles. The second-order valence-corrected chi connectivity index (χ2v) is 7.13. The van der Waals surface area contributed by atoms with E-state index in [-0.39, 0.29) is 16.2 Å². The fraction of sp³-hybridized carbons (Fsp3) is 0.100. The number of ketones is 1. The average Bonchev–Trinajstić information content (AvgIpc) is 3.36. The highest BCUT2D eigenvalue weighted by atomic mass is 32.1. The molecule has 0 amide bonds. The molecule has 0 fully saturated rings. The fourth-order valence-corrected chi connectivity index (χ4v) is 3.93. The van der Waals surface area contributed by atoms with Gasteiger partial charge in [-0.15, -0.1) is 11.3 Å². The molecule has 1 atom stereocenters. The number of nitrogens with zero attached hydrogens (tertiary/aromatic N) is 4. The number of carbonyl (C=O) groups is 2. The Balaban J connectivity index is 1.72. The maximum atomic E-state index is 13.3. The Morgan fingerprint density at radius 1 is 1.11 bits per heavy atom. The molecule has 3 aromatic rings. The summed E-state index contributed by atoms with van der Waals surface area (Å²) in [6, 6.07) is 9.43. The summed E-state index contributed by atoms with van der Waals surface area (Å²) in [5.74, 6) is -0.928. The number of carboxylic acids is 1. The largest absolute Gasteiger partial charge is 0.477 e. The first kappa shape index (κ1) is 17.9. The van der Waals surface area contributed by atoms with E-state index >= 15 is 0 Å². The molecule has 0 aliphatic carbocycles. The molecular formula is C20H14N4O3S. The van der Waals surface area contributed by atoms with Crippen molar-refractivity contribution in [1.29, 1.82) is 0 Å². The number of aliphatic imine (C=N–C) groups is 1. The number of carbonyl (C=O) groups excluding carboxylic acids is 1. The van der Waals surface area contributed by atoms with Crippen LogP contribution in [0.4, 0.5) is 0 Å². The van der Waals surface area contributed by atoms with Gasteiger partial charge in [-0.25, -0.2) is 19.7 Å². The summed E-state index contributed by atoms with van der Waals surface area (Å²) in [6.07, 6.45) is 7.69. The lowest BCUT2D eigenvalue weighted by Gasteiger charge is -2.20. The maximum absolute atomic E-state index is 13.3. The van der Waals surface area contributed by atoms with Crippen molar-refractivity contribution in [2.45, 2.75) is 12.5 Å². The van der Waals surface area contributed by atoms with Crippen molar-refractivity contribution < 1.29 is 14.7 Å². The summed E-state index contributed by atoms with van der Waals surface area (Å²) in [4.78, 5) is 42.0. The van der Waals surface area contributed by atoms with Gasteiger partial charge in [-0.1, -0.05) is 30.3 Å². The highest BCUT2D eigenvalue weighted by molar-refractivity contribution is 7.14. The molecule has 7 nitrogen and oxygen atoms in total. The van der Waals surface area contributed by atoms with Gasteiger partial charge >= 0.3 is 5.97 Å². The quantitative estimate of drug-likeness (QED) is 0.670. The first-order valence-electron chi connectivity index (χ1n) is 8.38. The Morgan fingerprint density at radius 3 is 2.39 bits per heavy atom. The number of rotatable bonds is 5. The van der Waals surface area contributed by atoms with E-state index in [9.17, 15) is 14.7 Å². The molecule has 1 aliphatic heterocycles. The van der Waals surface area contributed by atoms with Crippen LogP contribution in [-0.4, -0.2) is 38.0 Å². The van der Waals surface area contributed by atoms with Gasteiger partial charge in [0.25, 0.3) is 0 Å². The molecule has 1 unspecified atom stereocenters. The first-order valence-corrected chi connectivity index (χ1v) is 9.19. The summed E-state index contributed by atoms with van der Waals surface area (Å²) < 4.78 is 0. The second-order valence-electron chi connectivity index (χ2n) is 6.13. The lowest BCUT2D eigenvalue weighted by molar-refractivity contribution is 0.0701. The monoisotopic (exact) mass is 390 g/mol. The Hall–Kier alpha value is -3.52. The number of thiazole rings is 1. The van der Waals surface area contributed by atoms with E-state index in [1.165, 1.54) is 18.6 Å². The van der Waals surface area contributed by atoms with Gasteiger partial charge in [0, 0.05) is 24.2 Å². The molecular weight excluding hydrogens is 376 g/mol. The van der Waals surface area contributed by atoms with Crippen LogP contribution in [0.5, 0.6) is 0 Å². The van der Waals surface area contributed by atoms with Crippen molar-refractivity contribution in [2.75, 3.05) is 0 Å². The van der Waals surface area contributed by atoms with E-state index in [4.69, 9.17) is 0 Å². The molecule has 0 saturated heterocycles. The highest BCUT2D eigenvalue weighted by Gasteiger charge is 2.43. The SMILES string of the molecule is Cc1nc(C2(C(=O)c3cnc(-c4ccccc4)nc3)C=CC=N2)sc1C(=O)O. The van der Waals surface area contributed by atoms with Gasteiger partial charge in [0.2, 0.25) is 5.78 Å². The molecule has 0 saturated carbocycles. The van der Waals surface area contributed by atoms with Crippen molar-refractivity contribution in [3.05, 3.63) is 76.0 Å². The van der Waals surface area contributed by atoms with Crippen LogP contribution in [0.2, 0.25) is 0 Å². The molecule has 3 heterocycles. The lowest BCUT2D eigenvalue weighted by atomic mass is 9.92. The van der Waals surface area contributed by atoms with Crippen LogP contribution in [0.25, 0.3) is 11.4 Å². The number of benzene rings is 1. The van der Waals surface area contributed by atoms with Crippen molar-refractivity contribution >= 4 is 29.3 Å². The Bertz CT molecular complexity index is 1110. The molecule has 1 aromatic carbocycles. The molecule has 138 valence electrons. The molecule has 0 spiro atoms. The smallest absolute Gasteiger partial charge is 0.347 e. The van der Waals surface area contributed by atoms with Gasteiger partial charge in [-0.3, -0.25) is 9.79 Å². The zero-order chi connectivity index (χ0) is 19.7. The van der Waals surface area contributed by atoms with Gasteiger partial charge in [-0.2, -0.15) is 0 Å². The molecule has 28 heavy (non-hydrogen) atoms. The number of aryl methyl sites for hydroxylation is 1. The van der Waals surface area contributed by atoms with Crippen molar-refractivity contribution in [2.24, 2.45) is 4.99 Å². The number of aromatic nitrogens is 3. The first-order chi connectivity index (χ1) is 13.5. The molecule has 4 rings (SSSR count). The van der Waals surface area contributed by atoms with E-state index in [2.05, 4.69) is 19.9 Å². The van der Waals surface area contributed by atoms with Crippen LogP contribution >= 0.6 is 11.3 Å². The zero-order valence-electron chi connectivity index (χ0n) is 14.7. The minimum Gasteiger partial charge on any atom is -0.477 e. The predicted molar refractivity (Wildman–Crippen MR) is 105 cm³/mol. The maximum Gasteiger partial charge on any atom is 0.347 e. The Labute approximate surface area is 164 Å². The summed E-state index contributed by atoms with van der Waals surface area (Å²) in [5, 5.41) is 9.62. The summed E-state index contributed by atoms with van der Waals surface area (Å²) in [5.41, 5.74) is 0.0800. The topological polar surface area (TPSA) is 105 Å². The number of hydrogen-bond donors (Lipinski definition) is 1. The lowest BCUT2D eigenvalue weighted by Crippen LogP contribution is -2.31. The summed E-state index contributed by atoms with van der Waals surface area (Å²) in [6.45, 7) is 1.60. The fourth-order valence-electron chi connectivity index (χ4n) is 2.90. The predicted octanol–water partition coefficient (Wildman–Crippen LogP) is 3.33. The van der Waals surface area contributed by atoms with Crippen LogP contribution in [0.3, 0.4) is 0 Å². The third-order valence-corrected chi connectivity index (χ3v) is 5.58. The van der Waals surface area contributed by atoms with E-state index in [1.807, 2.05) is 30.3 Å². The Morgan fingerprint density at radius 2 is 1.82 bits per heavy atom. The summed E-state index contributed by atoms with van der Waals surface area (Å²) >= 11 is 0.949. The molecule has 0 radical (unpaired) electrons. The summed E-state index contributed by atoms with van der Waals surface area (Å²) in [7, 11) is 0. The van der Waals surface area contributed by atoms with Crippen LogP contribution in [0.1, 0.15) is 30.7 Å². The van der Waals surface area contributed by atoms with Crippen LogP contribution < -0.4 is 0 Å². The van der Waals surface area contributed by atoms with E-state index in [0.29, 0.717) is 16.5 Å². The molecule has 1 aliphatic rings. The Kier molecular flexibility index (Phi) is 4.40.